The van der Waals surface area contributed by atoms with Gasteiger partial charge in [-0.05, 0) is 24.1 Å². The van der Waals surface area contributed by atoms with Gasteiger partial charge in [-0.2, -0.15) is 15.0 Å². The molecule has 2 N–H and O–H groups in total. The molecule has 0 unspecified atom stereocenters. The summed E-state index contributed by atoms with van der Waals surface area (Å²) in [6.07, 6.45) is 0. The number of anilines is 2. The zero-order chi connectivity index (χ0) is 13.1. The lowest BCUT2D eigenvalue weighted by atomic mass is 10.1. The highest BCUT2D eigenvalue weighted by atomic mass is 35.5. The van der Waals surface area contributed by atoms with Gasteiger partial charge in [0.15, 0.2) is 0 Å². The first-order valence-electron chi connectivity index (χ1n) is 5.48. The van der Waals surface area contributed by atoms with Gasteiger partial charge in [0, 0.05) is 13.6 Å². The molecule has 0 radical (unpaired) electrons. The minimum atomic E-state index is 0.105. The molecule has 0 spiro atoms. The Hall–Kier alpha value is -1.88. The predicted octanol–water partition coefficient (Wildman–Crippen LogP) is 2.05. The maximum Gasteiger partial charge on any atom is 0.231 e. The fraction of sp³-hybridized carbons (Fsp3) is 0.250. The molecule has 1 aromatic heterocycles. The topological polar surface area (TPSA) is 67.9 Å². The standard InChI is InChI=1S/C12H14ClN5/c1-8-4-3-5-9(6-8)7-18(2)12-16-10(13)15-11(14)17-12/h3-6H,7H2,1-2H3,(H2,14,15,16,17). The molecule has 6 heteroatoms. The second-order valence-electron chi connectivity index (χ2n) is 4.11. The lowest BCUT2D eigenvalue weighted by Crippen LogP contribution is -2.20. The molecule has 94 valence electrons. The molecule has 2 rings (SSSR count). The number of rotatable bonds is 3. The van der Waals surface area contributed by atoms with Crippen molar-refractivity contribution in [1.82, 2.24) is 15.0 Å². The van der Waals surface area contributed by atoms with Gasteiger partial charge >= 0.3 is 0 Å². The van der Waals surface area contributed by atoms with Gasteiger partial charge in [-0.25, -0.2) is 0 Å². The molecule has 1 aromatic carbocycles. The molecule has 0 amide bonds. The summed E-state index contributed by atoms with van der Waals surface area (Å²) in [7, 11) is 1.88. The predicted molar refractivity (Wildman–Crippen MR) is 72.5 cm³/mol. The molecular formula is C12H14ClN5. The summed E-state index contributed by atoms with van der Waals surface area (Å²) in [6.45, 7) is 2.74. The van der Waals surface area contributed by atoms with Crippen LogP contribution in [0.1, 0.15) is 11.1 Å². The normalized spacial score (nSPS) is 10.4. The van der Waals surface area contributed by atoms with E-state index in [1.165, 1.54) is 11.1 Å². The monoisotopic (exact) mass is 263 g/mol. The largest absolute Gasteiger partial charge is 0.368 e. The maximum absolute atomic E-state index is 5.75. The number of aryl methyl sites for hydroxylation is 1. The van der Waals surface area contributed by atoms with E-state index in [1.807, 2.05) is 18.0 Å². The Bertz CT molecular complexity index is 538. The second-order valence-corrected chi connectivity index (χ2v) is 4.45. The first-order valence-corrected chi connectivity index (χ1v) is 5.86. The molecule has 0 aliphatic heterocycles. The third-order valence-electron chi connectivity index (χ3n) is 2.46. The lowest BCUT2D eigenvalue weighted by molar-refractivity contribution is 0.855. The summed E-state index contributed by atoms with van der Waals surface area (Å²) < 4.78 is 0. The summed E-state index contributed by atoms with van der Waals surface area (Å²) in [5.74, 6) is 0.593. The highest BCUT2D eigenvalue weighted by molar-refractivity contribution is 6.28. The molecule has 0 fully saturated rings. The number of benzene rings is 1. The van der Waals surface area contributed by atoms with Crippen molar-refractivity contribution in [3.05, 3.63) is 40.7 Å². The molecule has 0 bridgehead atoms. The van der Waals surface area contributed by atoms with Crippen LogP contribution in [-0.2, 0) is 6.54 Å². The molecule has 0 saturated heterocycles. The maximum atomic E-state index is 5.75. The first-order chi connectivity index (χ1) is 8.54. The number of hydrogen-bond donors (Lipinski definition) is 1. The Morgan fingerprint density at radius 1 is 1.28 bits per heavy atom. The van der Waals surface area contributed by atoms with E-state index < -0.39 is 0 Å². The molecule has 0 aliphatic rings. The van der Waals surface area contributed by atoms with Crippen molar-refractivity contribution >= 4 is 23.5 Å². The van der Waals surface area contributed by atoms with Gasteiger partial charge in [-0.15, -0.1) is 0 Å². The van der Waals surface area contributed by atoms with Gasteiger partial charge in [-0.3, -0.25) is 0 Å². The molecule has 1 heterocycles. The summed E-state index contributed by atoms with van der Waals surface area (Å²) in [6, 6.07) is 8.24. The van der Waals surface area contributed by atoms with Crippen molar-refractivity contribution in [2.75, 3.05) is 17.7 Å². The van der Waals surface area contributed by atoms with Gasteiger partial charge in [0.2, 0.25) is 17.2 Å². The van der Waals surface area contributed by atoms with Gasteiger partial charge in [0.1, 0.15) is 0 Å². The molecule has 0 saturated carbocycles. The van der Waals surface area contributed by atoms with Crippen molar-refractivity contribution < 1.29 is 0 Å². The van der Waals surface area contributed by atoms with Crippen LogP contribution in [0.5, 0.6) is 0 Å². The first kappa shape index (κ1) is 12.6. The van der Waals surface area contributed by atoms with E-state index in [0.29, 0.717) is 12.5 Å². The van der Waals surface area contributed by atoms with Crippen molar-refractivity contribution in [2.24, 2.45) is 0 Å². The SMILES string of the molecule is Cc1cccc(CN(C)c2nc(N)nc(Cl)n2)c1. The van der Waals surface area contributed by atoms with Crippen LogP contribution in [0.4, 0.5) is 11.9 Å². The fourth-order valence-electron chi connectivity index (χ4n) is 1.68. The van der Waals surface area contributed by atoms with E-state index in [1.54, 1.807) is 0 Å². The Labute approximate surface area is 111 Å². The zero-order valence-electron chi connectivity index (χ0n) is 10.3. The lowest BCUT2D eigenvalue weighted by Gasteiger charge is -2.17. The van der Waals surface area contributed by atoms with Crippen LogP contribution in [0.25, 0.3) is 0 Å². The molecular weight excluding hydrogens is 250 g/mol. The number of hydrogen-bond acceptors (Lipinski definition) is 5. The Morgan fingerprint density at radius 3 is 2.72 bits per heavy atom. The van der Waals surface area contributed by atoms with E-state index in [-0.39, 0.29) is 11.2 Å². The quantitative estimate of drug-likeness (QED) is 0.918. The Balaban J connectivity index is 2.19. The van der Waals surface area contributed by atoms with E-state index in [9.17, 15) is 0 Å². The Morgan fingerprint density at radius 2 is 2.06 bits per heavy atom. The third kappa shape index (κ3) is 3.07. The highest BCUT2D eigenvalue weighted by Crippen LogP contribution is 2.14. The second kappa shape index (κ2) is 5.18. The Kier molecular flexibility index (Phi) is 3.62. The smallest absolute Gasteiger partial charge is 0.231 e. The molecule has 2 aromatic rings. The number of nitrogens with zero attached hydrogens (tertiary/aromatic N) is 4. The average Bonchev–Trinajstić information content (AvgIpc) is 2.27. The van der Waals surface area contributed by atoms with Gasteiger partial charge in [-0.1, -0.05) is 29.8 Å². The van der Waals surface area contributed by atoms with E-state index in [2.05, 4.69) is 40.1 Å². The molecule has 5 nitrogen and oxygen atoms in total. The van der Waals surface area contributed by atoms with E-state index in [0.717, 1.165) is 0 Å². The minimum Gasteiger partial charge on any atom is -0.368 e. The van der Waals surface area contributed by atoms with Crippen LogP contribution >= 0.6 is 11.6 Å². The molecule has 0 aliphatic carbocycles. The van der Waals surface area contributed by atoms with Gasteiger partial charge in [0.05, 0.1) is 0 Å². The van der Waals surface area contributed by atoms with E-state index >= 15 is 0 Å². The average molecular weight is 264 g/mol. The van der Waals surface area contributed by atoms with Crippen LogP contribution in [0, 0.1) is 6.92 Å². The van der Waals surface area contributed by atoms with Gasteiger partial charge < -0.3 is 10.6 Å². The third-order valence-corrected chi connectivity index (χ3v) is 2.63. The molecule has 0 atom stereocenters. The molecule has 18 heavy (non-hydrogen) atoms. The highest BCUT2D eigenvalue weighted by Gasteiger charge is 2.08. The number of nitrogens with two attached hydrogens (primary N) is 1. The van der Waals surface area contributed by atoms with Crippen molar-refractivity contribution in [3.63, 3.8) is 0 Å². The van der Waals surface area contributed by atoms with Crippen molar-refractivity contribution in [1.29, 1.82) is 0 Å². The van der Waals surface area contributed by atoms with Crippen LogP contribution < -0.4 is 10.6 Å². The van der Waals surface area contributed by atoms with Crippen LogP contribution in [0.2, 0.25) is 5.28 Å². The summed E-state index contributed by atoms with van der Waals surface area (Å²) in [5, 5.41) is 0.105. The van der Waals surface area contributed by atoms with Crippen molar-refractivity contribution in [2.45, 2.75) is 13.5 Å². The summed E-state index contributed by atoms with van der Waals surface area (Å²) >= 11 is 5.75. The van der Waals surface area contributed by atoms with Crippen molar-refractivity contribution in [3.8, 4) is 0 Å². The minimum absolute atomic E-state index is 0.105. The number of halogens is 1. The number of aromatic nitrogens is 3. The van der Waals surface area contributed by atoms with Crippen LogP contribution in [0.3, 0.4) is 0 Å². The van der Waals surface area contributed by atoms with Crippen LogP contribution in [0.15, 0.2) is 24.3 Å². The number of nitrogen functional groups attached to an aromatic ring is 1. The summed E-state index contributed by atoms with van der Waals surface area (Å²) in [4.78, 5) is 13.7. The summed E-state index contributed by atoms with van der Waals surface area (Å²) in [5.41, 5.74) is 7.93. The fourth-order valence-corrected chi connectivity index (χ4v) is 1.84. The van der Waals surface area contributed by atoms with Gasteiger partial charge in [0.25, 0.3) is 0 Å². The van der Waals surface area contributed by atoms with Crippen LogP contribution in [-0.4, -0.2) is 22.0 Å². The zero-order valence-corrected chi connectivity index (χ0v) is 11.0. The van der Waals surface area contributed by atoms with E-state index in [4.69, 9.17) is 17.3 Å².